The van der Waals surface area contributed by atoms with E-state index in [1.807, 2.05) is 24.3 Å². The summed E-state index contributed by atoms with van der Waals surface area (Å²) in [5.74, 6) is -0.853. The molecule has 156 valence electrons. The largest absolute Gasteiger partial charge is 0.495 e. The summed E-state index contributed by atoms with van der Waals surface area (Å²) in [5, 5.41) is 3.18. The van der Waals surface area contributed by atoms with E-state index in [1.165, 1.54) is 23.8 Å². The number of esters is 1. The summed E-state index contributed by atoms with van der Waals surface area (Å²) in [6, 6.07) is 10.6. The van der Waals surface area contributed by atoms with Crippen molar-refractivity contribution in [3.05, 3.63) is 47.0 Å². The van der Waals surface area contributed by atoms with Gasteiger partial charge in [-0.05, 0) is 30.7 Å². The number of nitrogens with one attached hydrogen (secondary N) is 1. The number of carbonyl (C=O) groups excluding carboxylic acids is 3. The van der Waals surface area contributed by atoms with E-state index in [1.54, 1.807) is 19.1 Å². The molecule has 2 amide bonds. The first-order chi connectivity index (χ1) is 14.4. The monoisotopic (exact) mass is 446 g/mol. The fourth-order valence-corrected chi connectivity index (χ4v) is 5.20. The van der Waals surface area contributed by atoms with Crippen LogP contribution in [0.4, 0.5) is 11.4 Å². The molecule has 2 aliphatic rings. The van der Waals surface area contributed by atoms with Gasteiger partial charge < -0.3 is 14.8 Å². The number of aryl methyl sites for hydroxylation is 1. The third kappa shape index (κ3) is 3.40. The number of rotatable bonds is 5. The third-order valence-electron chi connectivity index (χ3n) is 5.08. The average molecular weight is 447 g/mol. The van der Waals surface area contributed by atoms with Crippen LogP contribution in [0.25, 0.3) is 0 Å². The Morgan fingerprint density at radius 3 is 2.83 bits per heavy atom. The number of hydrogen-bond acceptors (Lipinski definition) is 6. The Kier molecular flexibility index (Phi) is 5.38. The van der Waals surface area contributed by atoms with E-state index < -0.39 is 23.4 Å². The minimum atomic E-state index is -1.16. The Morgan fingerprint density at radius 1 is 1.30 bits per heavy atom. The maximum Gasteiger partial charge on any atom is 0.344 e. The summed E-state index contributed by atoms with van der Waals surface area (Å²) in [7, 11) is 1.47. The number of thioether (sulfide) groups is 1. The number of halogens is 1. The highest BCUT2D eigenvalue weighted by Gasteiger charge is 2.58. The minimum Gasteiger partial charge on any atom is -0.495 e. The molecule has 1 fully saturated rings. The van der Waals surface area contributed by atoms with Crippen molar-refractivity contribution >= 4 is 52.5 Å². The van der Waals surface area contributed by atoms with Crippen LogP contribution in [-0.4, -0.2) is 36.4 Å². The van der Waals surface area contributed by atoms with Gasteiger partial charge in [0.05, 0.1) is 18.5 Å². The van der Waals surface area contributed by atoms with E-state index >= 15 is 0 Å². The number of amides is 2. The van der Waals surface area contributed by atoms with Crippen molar-refractivity contribution < 1.29 is 23.9 Å². The fraction of sp³-hybridized carbons (Fsp3) is 0.286. The van der Waals surface area contributed by atoms with E-state index in [9.17, 15) is 14.4 Å². The highest BCUT2D eigenvalue weighted by atomic mass is 35.5. The molecule has 0 spiro atoms. The molecule has 9 heteroatoms. The number of fused-ring (bicyclic) bond motifs is 3. The summed E-state index contributed by atoms with van der Waals surface area (Å²) in [6.07, 6.45) is 0.583. The molecule has 0 bridgehead atoms. The summed E-state index contributed by atoms with van der Waals surface area (Å²) < 4.78 is 10.6. The van der Waals surface area contributed by atoms with Crippen molar-refractivity contribution in [1.29, 1.82) is 0 Å². The van der Waals surface area contributed by atoms with Gasteiger partial charge in [-0.2, -0.15) is 0 Å². The number of methoxy groups -OCH3 is 1. The molecular formula is C21H19ClN2O5S. The second kappa shape index (κ2) is 7.85. The van der Waals surface area contributed by atoms with Crippen LogP contribution in [0.2, 0.25) is 5.02 Å². The molecular weight excluding hydrogens is 428 g/mol. The zero-order chi connectivity index (χ0) is 21.5. The molecule has 0 radical (unpaired) electrons. The first-order valence-electron chi connectivity index (χ1n) is 9.28. The number of carbonyl (C=O) groups is 3. The number of para-hydroxylation sites is 1. The van der Waals surface area contributed by atoms with Gasteiger partial charge in [-0.1, -0.05) is 35.5 Å². The van der Waals surface area contributed by atoms with Crippen LogP contribution in [0, 0.1) is 6.92 Å². The number of hydrogen-bond donors (Lipinski definition) is 1. The van der Waals surface area contributed by atoms with Gasteiger partial charge in [0, 0.05) is 28.8 Å². The molecule has 7 nitrogen and oxygen atoms in total. The van der Waals surface area contributed by atoms with E-state index in [0.29, 0.717) is 28.6 Å². The molecule has 2 aromatic rings. The van der Waals surface area contributed by atoms with E-state index in [0.717, 1.165) is 10.5 Å². The molecule has 1 unspecified atom stereocenters. The van der Waals surface area contributed by atoms with E-state index in [2.05, 4.69) is 5.32 Å². The normalized spacial score (nSPS) is 19.3. The van der Waals surface area contributed by atoms with Gasteiger partial charge in [0.15, 0.2) is 11.5 Å². The maximum atomic E-state index is 13.0. The lowest BCUT2D eigenvalue weighted by Gasteiger charge is -2.28. The van der Waals surface area contributed by atoms with Gasteiger partial charge in [0.2, 0.25) is 5.91 Å². The smallest absolute Gasteiger partial charge is 0.344 e. The molecule has 30 heavy (non-hydrogen) atoms. The van der Waals surface area contributed by atoms with Crippen molar-refractivity contribution in [2.45, 2.75) is 29.5 Å². The number of anilines is 2. The SMILES string of the molecule is COc1cc(Cl)c(C)cc1NC(=O)COC(=O)C12CCC(=O)N1c1ccccc1S2. The van der Waals surface area contributed by atoms with Gasteiger partial charge in [-0.15, -0.1) is 0 Å². The number of nitrogens with zero attached hydrogens (tertiary/aromatic N) is 1. The Bertz CT molecular complexity index is 1060. The molecule has 0 aromatic heterocycles. The van der Waals surface area contributed by atoms with Gasteiger partial charge in [-0.25, -0.2) is 4.79 Å². The zero-order valence-electron chi connectivity index (χ0n) is 16.4. The molecule has 1 saturated heterocycles. The van der Waals surface area contributed by atoms with Crippen LogP contribution in [-0.2, 0) is 19.1 Å². The summed E-state index contributed by atoms with van der Waals surface area (Å²) in [5.41, 5.74) is 1.90. The quantitative estimate of drug-likeness (QED) is 0.704. The highest BCUT2D eigenvalue weighted by Crippen LogP contribution is 2.56. The summed E-state index contributed by atoms with van der Waals surface area (Å²) in [6.45, 7) is 1.32. The van der Waals surface area contributed by atoms with Crippen LogP contribution in [0.15, 0.2) is 41.3 Å². The topological polar surface area (TPSA) is 84.9 Å². The Balaban J connectivity index is 1.46. The predicted octanol–water partition coefficient (Wildman–Crippen LogP) is 3.77. The first-order valence-corrected chi connectivity index (χ1v) is 10.5. The Labute approximate surface area is 182 Å². The molecule has 1 N–H and O–H groups in total. The highest BCUT2D eigenvalue weighted by molar-refractivity contribution is 8.02. The molecule has 2 aromatic carbocycles. The molecule has 4 rings (SSSR count). The van der Waals surface area contributed by atoms with Crippen molar-refractivity contribution in [2.75, 3.05) is 23.9 Å². The Morgan fingerprint density at radius 2 is 2.07 bits per heavy atom. The average Bonchev–Trinajstić information content (AvgIpc) is 3.24. The number of ether oxygens (including phenoxy) is 2. The predicted molar refractivity (Wildman–Crippen MR) is 114 cm³/mol. The molecule has 2 heterocycles. The fourth-order valence-electron chi connectivity index (χ4n) is 3.63. The lowest BCUT2D eigenvalue weighted by atomic mass is 10.2. The van der Waals surface area contributed by atoms with Crippen LogP contribution < -0.4 is 15.0 Å². The van der Waals surface area contributed by atoms with E-state index in [-0.39, 0.29) is 12.3 Å². The second-order valence-electron chi connectivity index (χ2n) is 7.01. The van der Waals surface area contributed by atoms with E-state index in [4.69, 9.17) is 21.1 Å². The standard InChI is InChI=1S/C21H19ClN2O5S/c1-12-9-14(16(28-2)10-13(12)22)23-18(25)11-29-20(27)21-8-7-19(26)24(21)15-5-3-4-6-17(15)30-21/h3-6,9-10H,7-8,11H2,1-2H3,(H,23,25). The lowest BCUT2D eigenvalue weighted by molar-refractivity contribution is -0.149. The molecule has 0 saturated carbocycles. The van der Waals surface area contributed by atoms with Gasteiger partial charge >= 0.3 is 5.97 Å². The van der Waals surface area contributed by atoms with Crippen molar-refractivity contribution in [2.24, 2.45) is 0 Å². The van der Waals surface area contributed by atoms with Crippen LogP contribution in [0.1, 0.15) is 18.4 Å². The summed E-state index contributed by atoms with van der Waals surface area (Å²) >= 11 is 7.38. The Hall–Kier alpha value is -2.71. The lowest BCUT2D eigenvalue weighted by Crippen LogP contribution is -2.48. The second-order valence-corrected chi connectivity index (χ2v) is 8.74. The molecule has 0 aliphatic carbocycles. The number of benzene rings is 2. The third-order valence-corrected chi connectivity index (χ3v) is 6.94. The summed E-state index contributed by atoms with van der Waals surface area (Å²) in [4.78, 5) is 39.0. The molecule has 2 aliphatic heterocycles. The maximum absolute atomic E-state index is 13.0. The van der Waals surface area contributed by atoms with Crippen molar-refractivity contribution in [3.63, 3.8) is 0 Å². The van der Waals surface area contributed by atoms with Gasteiger partial charge in [-0.3, -0.25) is 14.5 Å². The van der Waals surface area contributed by atoms with Crippen molar-refractivity contribution in [3.8, 4) is 5.75 Å². The van der Waals surface area contributed by atoms with Crippen molar-refractivity contribution in [1.82, 2.24) is 0 Å². The first kappa shape index (κ1) is 20.6. The zero-order valence-corrected chi connectivity index (χ0v) is 17.9. The van der Waals surface area contributed by atoms with Gasteiger partial charge in [0.25, 0.3) is 5.91 Å². The van der Waals surface area contributed by atoms with Crippen LogP contribution in [0.3, 0.4) is 0 Å². The minimum absolute atomic E-state index is 0.129. The van der Waals surface area contributed by atoms with Crippen LogP contribution >= 0.6 is 23.4 Å². The van der Waals surface area contributed by atoms with Gasteiger partial charge in [0.1, 0.15) is 5.75 Å². The van der Waals surface area contributed by atoms with Crippen LogP contribution in [0.5, 0.6) is 5.75 Å². The molecule has 1 atom stereocenters.